The van der Waals surface area contributed by atoms with Crippen molar-refractivity contribution >= 4 is 0 Å². The standard InChI is InChI=1S/C19H32N2/c1-6-20-18(13-21(5)17-9-7-8-10-17)19-15(3)11-14(2)12-16(19)4/h11-12,17-18,20H,6-10,13H2,1-5H3. The Morgan fingerprint density at radius 3 is 2.24 bits per heavy atom. The van der Waals surface area contributed by atoms with Crippen LogP contribution in [0.4, 0.5) is 0 Å². The largest absolute Gasteiger partial charge is 0.309 e. The first-order valence-electron chi connectivity index (χ1n) is 8.54. The van der Waals surface area contributed by atoms with Gasteiger partial charge in [-0.25, -0.2) is 0 Å². The van der Waals surface area contributed by atoms with Gasteiger partial charge in [-0.3, -0.25) is 0 Å². The molecule has 1 aliphatic rings. The Morgan fingerprint density at radius 1 is 1.14 bits per heavy atom. The predicted octanol–water partition coefficient (Wildman–Crippen LogP) is 4.14. The van der Waals surface area contributed by atoms with Gasteiger partial charge in [-0.2, -0.15) is 0 Å². The molecule has 1 atom stereocenters. The van der Waals surface area contributed by atoms with Gasteiger partial charge in [0.05, 0.1) is 0 Å². The fraction of sp³-hybridized carbons (Fsp3) is 0.684. The van der Waals surface area contributed by atoms with Gasteiger partial charge in [-0.1, -0.05) is 37.5 Å². The van der Waals surface area contributed by atoms with E-state index in [0.29, 0.717) is 6.04 Å². The lowest BCUT2D eigenvalue weighted by molar-refractivity contribution is 0.219. The Balaban J connectivity index is 2.18. The average Bonchev–Trinajstić information content (AvgIpc) is 2.91. The summed E-state index contributed by atoms with van der Waals surface area (Å²) in [7, 11) is 2.30. The number of hydrogen-bond donors (Lipinski definition) is 1. The molecule has 21 heavy (non-hydrogen) atoms. The molecule has 2 heteroatoms. The second kappa shape index (κ2) is 7.42. The number of benzene rings is 1. The zero-order valence-electron chi connectivity index (χ0n) is 14.5. The Labute approximate surface area is 130 Å². The molecule has 1 N–H and O–H groups in total. The van der Waals surface area contributed by atoms with Crippen LogP contribution >= 0.6 is 0 Å². The number of nitrogens with one attached hydrogen (secondary N) is 1. The van der Waals surface area contributed by atoms with Crippen LogP contribution in [0.2, 0.25) is 0 Å². The van der Waals surface area contributed by atoms with Crippen LogP contribution in [0, 0.1) is 20.8 Å². The highest BCUT2D eigenvalue weighted by molar-refractivity contribution is 5.39. The summed E-state index contributed by atoms with van der Waals surface area (Å²) < 4.78 is 0. The summed E-state index contributed by atoms with van der Waals surface area (Å²) in [5.41, 5.74) is 5.73. The van der Waals surface area contributed by atoms with Gasteiger partial charge in [-0.05, 0) is 63.9 Å². The van der Waals surface area contributed by atoms with Crippen molar-refractivity contribution in [2.24, 2.45) is 0 Å². The van der Waals surface area contributed by atoms with Gasteiger partial charge in [-0.15, -0.1) is 0 Å². The minimum Gasteiger partial charge on any atom is -0.309 e. The smallest absolute Gasteiger partial charge is 0.0454 e. The van der Waals surface area contributed by atoms with Crippen molar-refractivity contribution in [3.8, 4) is 0 Å². The van der Waals surface area contributed by atoms with E-state index < -0.39 is 0 Å². The lowest BCUT2D eigenvalue weighted by atomic mass is 9.93. The molecule has 1 aliphatic carbocycles. The van der Waals surface area contributed by atoms with Gasteiger partial charge in [0.1, 0.15) is 0 Å². The molecule has 0 saturated heterocycles. The number of likely N-dealkylation sites (N-methyl/N-ethyl adjacent to an activating group) is 2. The molecule has 1 fully saturated rings. The molecule has 0 heterocycles. The third-order valence-electron chi connectivity index (χ3n) is 4.96. The second-order valence-electron chi connectivity index (χ2n) is 6.80. The van der Waals surface area contributed by atoms with Gasteiger partial charge in [0.2, 0.25) is 0 Å². The van der Waals surface area contributed by atoms with Crippen LogP contribution in [-0.4, -0.2) is 31.1 Å². The molecule has 1 aromatic carbocycles. The molecule has 118 valence electrons. The highest BCUT2D eigenvalue weighted by Gasteiger charge is 2.24. The Morgan fingerprint density at radius 2 is 1.71 bits per heavy atom. The summed E-state index contributed by atoms with van der Waals surface area (Å²) in [6, 6.07) is 5.88. The first kappa shape index (κ1) is 16.5. The van der Waals surface area contributed by atoms with Gasteiger partial charge in [0.25, 0.3) is 0 Å². The monoisotopic (exact) mass is 288 g/mol. The maximum Gasteiger partial charge on any atom is 0.0454 e. The van der Waals surface area contributed by atoms with Crippen LogP contribution in [-0.2, 0) is 0 Å². The second-order valence-corrected chi connectivity index (χ2v) is 6.80. The highest BCUT2D eigenvalue weighted by Crippen LogP contribution is 2.27. The van der Waals surface area contributed by atoms with E-state index in [1.807, 2.05) is 0 Å². The van der Waals surface area contributed by atoms with Gasteiger partial charge in [0, 0.05) is 18.6 Å². The number of hydrogen-bond acceptors (Lipinski definition) is 2. The molecular formula is C19H32N2. The Kier molecular flexibility index (Phi) is 5.83. The molecule has 1 unspecified atom stereocenters. The van der Waals surface area contributed by atoms with Crippen molar-refractivity contribution in [1.29, 1.82) is 0 Å². The van der Waals surface area contributed by atoms with Crippen molar-refractivity contribution in [3.63, 3.8) is 0 Å². The van der Waals surface area contributed by atoms with Crippen LogP contribution in [0.3, 0.4) is 0 Å². The summed E-state index contributed by atoms with van der Waals surface area (Å²) >= 11 is 0. The molecule has 1 aromatic rings. The highest BCUT2D eigenvalue weighted by atomic mass is 15.2. The molecule has 0 radical (unpaired) electrons. The van der Waals surface area contributed by atoms with E-state index in [1.54, 1.807) is 0 Å². The SMILES string of the molecule is CCNC(CN(C)C1CCCC1)c1c(C)cc(C)cc1C. The molecule has 2 nitrogen and oxygen atoms in total. The van der Waals surface area contributed by atoms with Crippen molar-refractivity contribution in [2.45, 2.75) is 65.5 Å². The molecule has 0 spiro atoms. The first-order chi connectivity index (χ1) is 10.0. The van der Waals surface area contributed by atoms with Crippen molar-refractivity contribution in [2.75, 3.05) is 20.1 Å². The fourth-order valence-corrected chi connectivity index (χ4v) is 4.03. The topological polar surface area (TPSA) is 15.3 Å². The number of nitrogens with zero attached hydrogens (tertiary/aromatic N) is 1. The van der Waals surface area contributed by atoms with E-state index in [2.05, 4.69) is 57.1 Å². The number of rotatable bonds is 6. The van der Waals surface area contributed by atoms with E-state index in [4.69, 9.17) is 0 Å². The van der Waals surface area contributed by atoms with Crippen LogP contribution in [0.15, 0.2) is 12.1 Å². The van der Waals surface area contributed by atoms with E-state index >= 15 is 0 Å². The van der Waals surface area contributed by atoms with E-state index in [1.165, 1.54) is 47.9 Å². The summed E-state index contributed by atoms with van der Waals surface area (Å²) in [6.45, 7) is 11.1. The molecule has 0 bridgehead atoms. The predicted molar refractivity (Wildman–Crippen MR) is 92.0 cm³/mol. The van der Waals surface area contributed by atoms with Crippen molar-refractivity contribution in [1.82, 2.24) is 10.2 Å². The molecular weight excluding hydrogens is 256 g/mol. The third-order valence-corrected chi connectivity index (χ3v) is 4.96. The zero-order chi connectivity index (χ0) is 15.4. The van der Waals surface area contributed by atoms with Gasteiger partial charge in [0.15, 0.2) is 0 Å². The fourth-order valence-electron chi connectivity index (χ4n) is 4.03. The van der Waals surface area contributed by atoms with E-state index in [-0.39, 0.29) is 0 Å². The third kappa shape index (κ3) is 4.08. The van der Waals surface area contributed by atoms with Crippen molar-refractivity contribution in [3.05, 3.63) is 34.4 Å². The maximum absolute atomic E-state index is 3.71. The lowest BCUT2D eigenvalue weighted by Gasteiger charge is -2.31. The molecule has 0 amide bonds. The molecule has 0 aromatic heterocycles. The molecule has 0 aliphatic heterocycles. The van der Waals surface area contributed by atoms with Crippen LogP contribution in [0.25, 0.3) is 0 Å². The maximum atomic E-state index is 3.71. The molecule has 2 rings (SSSR count). The summed E-state index contributed by atoms with van der Waals surface area (Å²) in [5, 5.41) is 3.71. The lowest BCUT2D eigenvalue weighted by Crippen LogP contribution is -2.38. The first-order valence-corrected chi connectivity index (χ1v) is 8.54. The molecule has 1 saturated carbocycles. The Hall–Kier alpha value is -0.860. The normalized spacial score (nSPS) is 17.6. The minimum absolute atomic E-state index is 0.446. The summed E-state index contributed by atoms with van der Waals surface area (Å²) in [4.78, 5) is 2.58. The minimum atomic E-state index is 0.446. The van der Waals surface area contributed by atoms with Crippen LogP contribution < -0.4 is 5.32 Å². The summed E-state index contributed by atoms with van der Waals surface area (Å²) in [5.74, 6) is 0. The summed E-state index contributed by atoms with van der Waals surface area (Å²) in [6.07, 6.45) is 5.56. The average molecular weight is 288 g/mol. The van der Waals surface area contributed by atoms with Gasteiger partial charge < -0.3 is 10.2 Å². The van der Waals surface area contributed by atoms with Gasteiger partial charge >= 0.3 is 0 Å². The quantitative estimate of drug-likeness (QED) is 0.846. The zero-order valence-corrected chi connectivity index (χ0v) is 14.5. The number of aryl methyl sites for hydroxylation is 3. The van der Waals surface area contributed by atoms with E-state index in [0.717, 1.165) is 19.1 Å². The van der Waals surface area contributed by atoms with Crippen LogP contribution in [0.1, 0.15) is 60.9 Å². The van der Waals surface area contributed by atoms with E-state index in [9.17, 15) is 0 Å². The Bertz CT molecular complexity index is 438. The van der Waals surface area contributed by atoms with Crippen molar-refractivity contribution < 1.29 is 0 Å². The van der Waals surface area contributed by atoms with Crippen LogP contribution in [0.5, 0.6) is 0 Å².